The fourth-order valence-corrected chi connectivity index (χ4v) is 3.06. The van der Waals surface area contributed by atoms with Crippen molar-refractivity contribution < 1.29 is 9.66 Å². The van der Waals surface area contributed by atoms with Gasteiger partial charge in [-0.3, -0.25) is 10.1 Å². The van der Waals surface area contributed by atoms with Crippen LogP contribution in [-0.4, -0.2) is 31.2 Å². The van der Waals surface area contributed by atoms with Crippen molar-refractivity contribution >= 4 is 23.0 Å². The second kappa shape index (κ2) is 7.81. The van der Waals surface area contributed by atoms with Crippen LogP contribution in [0.5, 0.6) is 0 Å². The van der Waals surface area contributed by atoms with E-state index in [-0.39, 0.29) is 5.69 Å². The molecule has 6 heteroatoms. The number of anilines is 1. The summed E-state index contributed by atoms with van der Waals surface area (Å²) in [6, 6.07) is 14.3. The lowest BCUT2D eigenvalue weighted by Crippen LogP contribution is -2.36. The molecule has 1 aliphatic heterocycles. The largest absolute Gasteiger partial charge is 0.378 e. The minimum atomic E-state index is -0.459. The number of nitriles is 1. The number of nitrogens with zero attached hydrogens (tertiary/aromatic N) is 3. The Balaban J connectivity index is 1.90. The Morgan fingerprint density at radius 2 is 2.04 bits per heavy atom. The topological polar surface area (TPSA) is 79.4 Å². The van der Waals surface area contributed by atoms with Crippen molar-refractivity contribution in [2.24, 2.45) is 0 Å². The highest BCUT2D eigenvalue weighted by Gasteiger charge is 2.14. The van der Waals surface area contributed by atoms with Gasteiger partial charge in [0.05, 0.1) is 29.8 Å². The molecule has 2 aromatic carbocycles. The highest BCUT2D eigenvalue weighted by molar-refractivity contribution is 5.90. The van der Waals surface area contributed by atoms with Gasteiger partial charge in [-0.15, -0.1) is 0 Å². The number of morpholine rings is 1. The SMILES string of the molecule is Cc1cc(C=C(C#N)c2cccc([N+](=O)[O-])c2)ccc1N1CCOCC1. The number of allylic oxidation sites excluding steroid dienone is 1. The molecule has 0 spiro atoms. The summed E-state index contributed by atoms with van der Waals surface area (Å²) in [4.78, 5) is 12.8. The Morgan fingerprint density at radius 1 is 1.27 bits per heavy atom. The summed E-state index contributed by atoms with van der Waals surface area (Å²) in [6.07, 6.45) is 1.76. The molecular formula is C20H19N3O3. The van der Waals surface area contributed by atoms with Crippen LogP contribution in [0.4, 0.5) is 11.4 Å². The van der Waals surface area contributed by atoms with E-state index in [0.29, 0.717) is 11.1 Å². The third-order valence-corrected chi connectivity index (χ3v) is 4.37. The Bertz CT molecular complexity index is 893. The molecule has 26 heavy (non-hydrogen) atoms. The van der Waals surface area contributed by atoms with Crippen LogP contribution in [-0.2, 0) is 4.74 Å². The number of ether oxygens (including phenoxy) is 1. The molecule has 0 aliphatic carbocycles. The van der Waals surface area contributed by atoms with Crippen LogP contribution < -0.4 is 4.90 Å². The van der Waals surface area contributed by atoms with E-state index in [1.165, 1.54) is 17.8 Å². The molecule has 6 nitrogen and oxygen atoms in total. The maximum Gasteiger partial charge on any atom is 0.270 e. The van der Waals surface area contributed by atoms with E-state index in [1.54, 1.807) is 18.2 Å². The molecule has 0 radical (unpaired) electrons. The monoisotopic (exact) mass is 349 g/mol. The molecule has 1 heterocycles. The third-order valence-electron chi connectivity index (χ3n) is 4.37. The fourth-order valence-electron chi connectivity index (χ4n) is 3.06. The summed E-state index contributed by atoms with van der Waals surface area (Å²) in [5.74, 6) is 0. The molecule has 0 atom stereocenters. The predicted octanol–water partition coefficient (Wildman–Crippen LogP) is 3.80. The van der Waals surface area contributed by atoms with E-state index in [4.69, 9.17) is 4.74 Å². The van der Waals surface area contributed by atoms with Crippen LogP contribution in [0.2, 0.25) is 0 Å². The van der Waals surface area contributed by atoms with E-state index in [0.717, 1.165) is 37.4 Å². The van der Waals surface area contributed by atoms with E-state index in [9.17, 15) is 15.4 Å². The van der Waals surface area contributed by atoms with Crippen molar-refractivity contribution in [1.82, 2.24) is 0 Å². The lowest BCUT2D eigenvalue weighted by atomic mass is 10.0. The van der Waals surface area contributed by atoms with Crippen molar-refractivity contribution in [3.8, 4) is 6.07 Å². The number of rotatable bonds is 4. The van der Waals surface area contributed by atoms with Gasteiger partial charge in [0.2, 0.25) is 0 Å². The predicted molar refractivity (Wildman–Crippen MR) is 101 cm³/mol. The molecule has 0 unspecified atom stereocenters. The quantitative estimate of drug-likeness (QED) is 0.363. The van der Waals surface area contributed by atoms with Crippen molar-refractivity contribution in [2.75, 3.05) is 31.2 Å². The van der Waals surface area contributed by atoms with E-state index in [1.807, 2.05) is 19.1 Å². The van der Waals surface area contributed by atoms with Crippen molar-refractivity contribution in [3.63, 3.8) is 0 Å². The maximum atomic E-state index is 10.9. The van der Waals surface area contributed by atoms with Gasteiger partial charge in [-0.05, 0) is 41.8 Å². The highest BCUT2D eigenvalue weighted by atomic mass is 16.6. The summed E-state index contributed by atoms with van der Waals surface area (Å²) >= 11 is 0. The molecule has 1 aliphatic rings. The highest BCUT2D eigenvalue weighted by Crippen LogP contribution is 2.26. The number of hydrogen-bond acceptors (Lipinski definition) is 5. The Labute approximate surface area is 152 Å². The van der Waals surface area contributed by atoms with Gasteiger partial charge < -0.3 is 9.64 Å². The van der Waals surface area contributed by atoms with Crippen molar-refractivity contribution in [1.29, 1.82) is 5.26 Å². The molecule has 1 saturated heterocycles. The number of hydrogen-bond donors (Lipinski definition) is 0. The minimum absolute atomic E-state index is 0.0255. The zero-order chi connectivity index (χ0) is 18.5. The van der Waals surface area contributed by atoms with Gasteiger partial charge in [0.15, 0.2) is 0 Å². The zero-order valence-electron chi connectivity index (χ0n) is 14.5. The first-order valence-corrected chi connectivity index (χ1v) is 8.38. The summed E-state index contributed by atoms with van der Waals surface area (Å²) in [6.45, 7) is 5.24. The molecule has 2 aromatic rings. The molecule has 0 bridgehead atoms. The van der Waals surface area contributed by atoms with E-state index in [2.05, 4.69) is 17.0 Å². The van der Waals surface area contributed by atoms with Gasteiger partial charge in [-0.1, -0.05) is 18.2 Å². The molecular weight excluding hydrogens is 330 g/mol. The second-order valence-corrected chi connectivity index (χ2v) is 6.12. The lowest BCUT2D eigenvalue weighted by molar-refractivity contribution is -0.384. The van der Waals surface area contributed by atoms with Gasteiger partial charge in [-0.2, -0.15) is 5.26 Å². The second-order valence-electron chi connectivity index (χ2n) is 6.12. The summed E-state index contributed by atoms with van der Waals surface area (Å²) in [5.41, 5.74) is 4.09. The molecule has 0 amide bonds. The number of benzene rings is 2. The summed E-state index contributed by atoms with van der Waals surface area (Å²) in [5, 5.41) is 20.4. The molecule has 132 valence electrons. The Kier molecular flexibility index (Phi) is 5.30. The molecule has 0 N–H and O–H groups in total. The first-order valence-electron chi connectivity index (χ1n) is 8.38. The summed E-state index contributed by atoms with van der Waals surface area (Å²) in [7, 11) is 0. The third kappa shape index (κ3) is 3.90. The first kappa shape index (κ1) is 17.6. The number of nitro benzene ring substituents is 1. The Hall–Kier alpha value is -3.17. The zero-order valence-corrected chi connectivity index (χ0v) is 14.5. The minimum Gasteiger partial charge on any atom is -0.378 e. The summed E-state index contributed by atoms with van der Waals surface area (Å²) < 4.78 is 5.39. The first-order chi connectivity index (χ1) is 12.6. The number of nitro groups is 1. The average molecular weight is 349 g/mol. The fraction of sp³-hybridized carbons (Fsp3) is 0.250. The average Bonchev–Trinajstić information content (AvgIpc) is 2.67. The smallest absolute Gasteiger partial charge is 0.270 e. The van der Waals surface area contributed by atoms with Gasteiger partial charge in [0.25, 0.3) is 5.69 Å². The number of aryl methyl sites for hydroxylation is 1. The van der Waals surface area contributed by atoms with E-state index >= 15 is 0 Å². The van der Waals surface area contributed by atoms with Crippen LogP contribution in [0, 0.1) is 28.4 Å². The lowest BCUT2D eigenvalue weighted by Gasteiger charge is -2.30. The molecule has 1 fully saturated rings. The van der Waals surface area contributed by atoms with Crippen LogP contribution >= 0.6 is 0 Å². The number of non-ortho nitro benzene ring substituents is 1. The molecule has 0 saturated carbocycles. The normalized spacial score (nSPS) is 14.8. The van der Waals surface area contributed by atoms with Gasteiger partial charge in [0, 0.05) is 30.9 Å². The van der Waals surface area contributed by atoms with E-state index < -0.39 is 4.92 Å². The van der Waals surface area contributed by atoms with Crippen molar-refractivity contribution in [2.45, 2.75) is 6.92 Å². The van der Waals surface area contributed by atoms with Gasteiger partial charge in [0.1, 0.15) is 0 Å². The van der Waals surface area contributed by atoms with Gasteiger partial charge >= 0.3 is 0 Å². The molecule has 0 aromatic heterocycles. The van der Waals surface area contributed by atoms with Gasteiger partial charge in [-0.25, -0.2) is 0 Å². The van der Waals surface area contributed by atoms with Crippen LogP contribution in [0.1, 0.15) is 16.7 Å². The Morgan fingerprint density at radius 3 is 2.69 bits per heavy atom. The molecule has 3 rings (SSSR count). The van der Waals surface area contributed by atoms with Crippen LogP contribution in [0.3, 0.4) is 0 Å². The van der Waals surface area contributed by atoms with Crippen molar-refractivity contribution in [3.05, 3.63) is 69.3 Å². The maximum absolute atomic E-state index is 10.9. The standard InChI is InChI=1S/C20H19N3O3/c1-15-11-16(5-6-20(15)22-7-9-26-10-8-22)12-18(14-21)17-3-2-4-19(13-17)23(24)25/h2-6,11-13H,7-10H2,1H3. The van der Waals surface area contributed by atoms with Crippen LogP contribution in [0.15, 0.2) is 42.5 Å². The van der Waals surface area contributed by atoms with Crippen LogP contribution in [0.25, 0.3) is 11.6 Å².